The number of nitrogens with zero attached hydrogens (tertiary/aromatic N) is 1. The van der Waals surface area contributed by atoms with E-state index < -0.39 is 11.5 Å². The number of likely N-dealkylation sites (tertiary alicyclic amines) is 1. The first kappa shape index (κ1) is 15.3. The third-order valence-corrected chi connectivity index (χ3v) is 4.19. The number of carbonyl (C=O) groups is 2. The molecule has 0 saturated carbocycles. The molecule has 1 atom stereocenters. The first-order valence-electron chi connectivity index (χ1n) is 6.31. The molecule has 1 aliphatic rings. The summed E-state index contributed by atoms with van der Waals surface area (Å²) in [6.07, 6.45) is 3.38. The quantitative estimate of drug-likeness (QED) is 0.675. The summed E-state index contributed by atoms with van der Waals surface area (Å²) in [6.45, 7) is 3.30. The Morgan fingerprint density at radius 1 is 1.39 bits per heavy atom. The predicted octanol–water partition coefficient (Wildman–Crippen LogP) is 0.924. The zero-order valence-electron chi connectivity index (χ0n) is 10.9. The van der Waals surface area contributed by atoms with Gasteiger partial charge in [-0.25, -0.2) is 0 Å². The Hall–Kier alpha value is -0.750. The zero-order chi connectivity index (χ0) is 13.6. The largest absolute Gasteiger partial charge is 0.480 e. The van der Waals surface area contributed by atoms with Gasteiger partial charge in [0.05, 0.1) is 5.75 Å². The molecule has 1 amide bonds. The van der Waals surface area contributed by atoms with Gasteiger partial charge in [-0.05, 0) is 38.4 Å². The molecule has 1 saturated heterocycles. The minimum Gasteiger partial charge on any atom is -0.480 e. The van der Waals surface area contributed by atoms with Gasteiger partial charge in [0.2, 0.25) is 5.91 Å². The summed E-state index contributed by atoms with van der Waals surface area (Å²) in [5.74, 6) is 0.500. The molecular formula is C12H22N2O3S. The maximum Gasteiger partial charge on any atom is 0.323 e. The summed E-state index contributed by atoms with van der Waals surface area (Å²) in [6, 6.07) is 0. The average Bonchev–Trinajstić information content (AvgIpc) is 2.81. The molecule has 1 aliphatic heterocycles. The molecule has 1 unspecified atom stereocenters. The van der Waals surface area contributed by atoms with E-state index in [1.165, 1.54) is 6.92 Å². The SMILES string of the molecule is CC(N)(CCCSCC(=O)N1CCCC1)C(=O)O. The van der Waals surface area contributed by atoms with E-state index in [4.69, 9.17) is 10.8 Å². The second-order valence-electron chi connectivity index (χ2n) is 4.97. The monoisotopic (exact) mass is 274 g/mol. The van der Waals surface area contributed by atoms with Gasteiger partial charge < -0.3 is 15.7 Å². The Kier molecular flexibility index (Phi) is 5.95. The van der Waals surface area contributed by atoms with E-state index in [1.54, 1.807) is 11.8 Å². The van der Waals surface area contributed by atoms with E-state index in [9.17, 15) is 9.59 Å². The first-order chi connectivity index (χ1) is 8.43. The van der Waals surface area contributed by atoms with Crippen LogP contribution in [0, 0.1) is 0 Å². The van der Waals surface area contributed by atoms with Crippen molar-refractivity contribution in [2.24, 2.45) is 5.73 Å². The number of rotatable bonds is 7. The molecule has 1 rings (SSSR count). The Morgan fingerprint density at radius 2 is 2.00 bits per heavy atom. The smallest absolute Gasteiger partial charge is 0.323 e. The molecule has 0 aromatic carbocycles. The van der Waals surface area contributed by atoms with Gasteiger partial charge in [0.25, 0.3) is 0 Å². The molecule has 104 valence electrons. The van der Waals surface area contributed by atoms with Crippen molar-refractivity contribution in [2.75, 3.05) is 24.6 Å². The normalized spacial score (nSPS) is 18.7. The molecule has 1 fully saturated rings. The van der Waals surface area contributed by atoms with Crippen molar-refractivity contribution >= 4 is 23.6 Å². The zero-order valence-corrected chi connectivity index (χ0v) is 11.7. The molecule has 0 radical (unpaired) electrons. The first-order valence-corrected chi connectivity index (χ1v) is 7.47. The highest BCUT2D eigenvalue weighted by atomic mass is 32.2. The van der Waals surface area contributed by atoms with Crippen molar-refractivity contribution < 1.29 is 14.7 Å². The number of carboxylic acids is 1. The number of aliphatic carboxylic acids is 1. The fraction of sp³-hybridized carbons (Fsp3) is 0.833. The Bertz CT molecular complexity index is 302. The maximum absolute atomic E-state index is 11.7. The Morgan fingerprint density at radius 3 is 2.56 bits per heavy atom. The summed E-state index contributed by atoms with van der Waals surface area (Å²) in [4.78, 5) is 24.4. The predicted molar refractivity (Wildman–Crippen MR) is 72.6 cm³/mol. The van der Waals surface area contributed by atoms with Crippen molar-refractivity contribution in [3.8, 4) is 0 Å². The summed E-state index contributed by atoms with van der Waals surface area (Å²) >= 11 is 1.56. The summed E-state index contributed by atoms with van der Waals surface area (Å²) < 4.78 is 0. The highest BCUT2D eigenvalue weighted by molar-refractivity contribution is 7.99. The van der Waals surface area contributed by atoms with Crippen LogP contribution in [0.3, 0.4) is 0 Å². The van der Waals surface area contributed by atoms with Crippen LogP contribution in [0.15, 0.2) is 0 Å². The van der Waals surface area contributed by atoms with Crippen LogP contribution in [-0.4, -0.2) is 52.0 Å². The summed E-state index contributed by atoms with van der Waals surface area (Å²) in [5.41, 5.74) is 4.46. The molecule has 0 aromatic rings. The topological polar surface area (TPSA) is 83.6 Å². The van der Waals surface area contributed by atoms with Gasteiger partial charge in [-0.3, -0.25) is 9.59 Å². The van der Waals surface area contributed by atoms with Crippen LogP contribution >= 0.6 is 11.8 Å². The van der Waals surface area contributed by atoms with Gasteiger partial charge in [-0.2, -0.15) is 11.8 Å². The van der Waals surface area contributed by atoms with Gasteiger partial charge in [-0.15, -0.1) is 0 Å². The van der Waals surface area contributed by atoms with Crippen molar-refractivity contribution in [3.63, 3.8) is 0 Å². The lowest BCUT2D eigenvalue weighted by atomic mass is 9.98. The molecule has 1 heterocycles. The molecule has 0 aliphatic carbocycles. The lowest BCUT2D eigenvalue weighted by molar-refractivity contribution is -0.142. The van der Waals surface area contributed by atoms with Gasteiger partial charge in [0.1, 0.15) is 5.54 Å². The van der Waals surface area contributed by atoms with Crippen molar-refractivity contribution in [2.45, 2.75) is 38.1 Å². The van der Waals surface area contributed by atoms with E-state index in [-0.39, 0.29) is 5.91 Å². The standard InChI is InChI=1S/C12H22N2O3S/c1-12(13,11(16)17)5-4-8-18-9-10(15)14-6-2-3-7-14/h2-9,13H2,1H3,(H,16,17). The molecule has 5 nitrogen and oxygen atoms in total. The third-order valence-electron chi connectivity index (χ3n) is 3.16. The van der Waals surface area contributed by atoms with Crippen LogP contribution in [0.5, 0.6) is 0 Å². The van der Waals surface area contributed by atoms with Crippen LogP contribution in [0.2, 0.25) is 0 Å². The number of hydrogen-bond acceptors (Lipinski definition) is 4. The second kappa shape index (κ2) is 6.99. The van der Waals surface area contributed by atoms with E-state index in [0.29, 0.717) is 12.2 Å². The lowest BCUT2D eigenvalue weighted by Crippen LogP contribution is -2.44. The van der Waals surface area contributed by atoms with Crippen LogP contribution in [0.4, 0.5) is 0 Å². The molecule has 0 aromatic heterocycles. The van der Waals surface area contributed by atoms with Gasteiger partial charge >= 0.3 is 5.97 Å². The minimum atomic E-state index is -1.15. The summed E-state index contributed by atoms with van der Waals surface area (Å²) in [5, 5.41) is 8.84. The number of hydrogen-bond donors (Lipinski definition) is 2. The van der Waals surface area contributed by atoms with Crippen molar-refractivity contribution in [1.82, 2.24) is 4.90 Å². The van der Waals surface area contributed by atoms with Crippen LogP contribution < -0.4 is 5.73 Å². The van der Waals surface area contributed by atoms with Crippen molar-refractivity contribution in [1.29, 1.82) is 0 Å². The second-order valence-corrected chi connectivity index (χ2v) is 6.07. The fourth-order valence-corrected chi connectivity index (χ4v) is 2.72. The fourth-order valence-electron chi connectivity index (χ4n) is 1.87. The van der Waals surface area contributed by atoms with Gasteiger partial charge in [0, 0.05) is 13.1 Å². The lowest BCUT2D eigenvalue weighted by Gasteiger charge is -2.18. The van der Waals surface area contributed by atoms with Gasteiger partial charge in [-0.1, -0.05) is 0 Å². The third kappa shape index (κ3) is 4.86. The van der Waals surface area contributed by atoms with E-state index in [1.807, 2.05) is 4.90 Å². The van der Waals surface area contributed by atoms with E-state index >= 15 is 0 Å². The number of carboxylic acid groups (broad SMARTS) is 1. The van der Waals surface area contributed by atoms with Crippen molar-refractivity contribution in [3.05, 3.63) is 0 Å². The minimum absolute atomic E-state index is 0.200. The number of nitrogens with two attached hydrogens (primary N) is 1. The molecule has 0 spiro atoms. The highest BCUT2D eigenvalue weighted by Crippen LogP contribution is 2.14. The average molecular weight is 274 g/mol. The van der Waals surface area contributed by atoms with E-state index in [0.717, 1.165) is 38.1 Å². The Labute approximate surface area is 112 Å². The van der Waals surface area contributed by atoms with Crippen LogP contribution in [0.25, 0.3) is 0 Å². The maximum atomic E-state index is 11.7. The Balaban J connectivity index is 2.08. The molecule has 18 heavy (non-hydrogen) atoms. The molecular weight excluding hydrogens is 252 g/mol. The molecule has 6 heteroatoms. The van der Waals surface area contributed by atoms with Gasteiger partial charge in [0.15, 0.2) is 0 Å². The number of thioether (sulfide) groups is 1. The molecule has 0 bridgehead atoms. The van der Waals surface area contributed by atoms with Crippen LogP contribution in [0.1, 0.15) is 32.6 Å². The molecule has 3 N–H and O–H groups in total. The van der Waals surface area contributed by atoms with E-state index in [2.05, 4.69) is 0 Å². The number of amides is 1. The highest BCUT2D eigenvalue weighted by Gasteiger charge is 2.26. The summed E-state index contributed by atoms with van der Waals surface area (Å²) in [7, 11) is 0. The number of carbonyl (C=O) groups excluding carboxylic acids is 1. The van der Waals surface area contributed by atoms with Crippen LogP contribution in [-0.2, 0) is 9.59 Å².